The minimum atomic E-state index is -0.767. The van der Waals surface area contributed by atoms with Crippen molar-refractivity contribution in [3.63, 3.8) is 0 Å². The van der Waals surface area contributed by atoms with Gasteiger partial charge in [0, 0.05) is 39.6 Å². The zero-order valence-corrected chi connectivity index (χ0v) is 10.3. The average Bonchev–Trinajstić information content (AvgIpc) is 2.43. The number of hydrogen-bond acceptors (Lipinski definition) is 4. The van der Waals surface area contributed by atoms with Crippen LogP contribution in [0.1, 0.15) is 13.3 Å². The topological polar surface area (TPSA) is 72.9 Å². The van der Waals surface area contributed by atoms with Crippen molar-refractivity contribution in [2.24, 2.45) is 0 Å². The molecular formula is C11H21N3O3. The third-order valence-corrected chi connectivity index (χ3v) is 2.84. The number of carbonyl (C=O) groups is 2. The van der Waals surface area contributed by atoms with Crippen molar-refractivity contribution in [3.05, 3.63) is 0 Å². The molecule has 17 heavy (non-hydrogen) atoms. The molecule has 1 rings (SSSR count). The molecule has 1 amide bonds. The number of aliphatic carboxylic acids is 1. The molecule has 6 heteroatoms. The van der Waals surface area contributed by atoms with Gasteiger partial charge >= 0.3 is 5.97 Å². The zero-order chi connectivity index (χ0) is 12.7. The predicted molar refractivity (Wildman–Crippen MR) is 63.8 cm³/mol. The molecule has 1 aliphatic heterocycles. The highest BCUT2D eigenvalue weighted by Gasteiger charge is 2.16. The summed E-state index contributed by atoms with van der Waals surface area (Å²) in [7, 11) is 0. The van der Waals surface area contributed by atoms with E-state index in [1.54, 1.807) is 0 Å². The van der Waals surface area contributed by atoms with Crippen molar-refractivity contribution >= 4 is 11.9 Å². The van der Waals surface area contributed by atoms with Gasteiger partial charge in [-0.3, -0.25) is 14.5 Å². The predicted octanol–water partition coefficient (Wildman–Crippen LogP) is -0.785. The van der Waals surface area contributed by atoms with E-state index in [2.05, 4.69) is 10.2 Å². The Labute approximate surface area is 102 Å². The van der Waals surface area contributed by atoms with Crippen LogP contribution in [0.15, 0.2) is 0 Å². The van der Waals surface area contributed by atoms with Gasteiger partial charge in [-0.25, -0.2) is 0 Å². The lowest BCUT2D eigenvalue weighted by Crippen LogP contribution is -2.37. The minimum Gasteiger partial charge on any atom is -0.480 e. The summed E-state index contributed by atoms with van der Waals surface area (Å²) in [4.78, 5) is 25.5. The van der Waals surface area contributed by atoms with Gasteiger partial charge < -0.3 is 15.3 Å². The van der Waals surface area contributed by atoms with Crippen LogP contribution in [-0.4, -0.2) is 72.6 Å². The van der Waals surface area contributed by atoms with E-state index in [4.69, 9.17) is 5.11 Å². The van der Waals surface area contributed by atoms with Crippen LogP contribution in [0.4, 0.5) is 0 Å². The molecule has 6 nitrogen and oxygen atoms in total. The first-order chi connectivity index (χ1) is 8.08. The first-order valence-corrected chi connectivity index (χ1v) is 5.99. The molecule has 1 aliphatic rings. The minimum absolute atomic E-state index is 0.00711. The van der Waals surface area contributed by atoms with Gasteiger partial charge in [0.25, 0.3) is 0 Å². The third kappa shape index (κ3) is 6.23. The monoisotopic (exact) mass is 243 g/mol. The summed E-state index contributed by atoms with van der Waals surface area (Å²) in [6, 6.07) is 0. The average molecular weight is 243 g/mol. The molecule has 0 bridgehead atoms. The second kappa shape index (κ2) is 7.24. The lowest BCUT2D eigenvalue weighted by Gasteiger charge is -2.20. The molecule has 1 fully saturated rings. The van der Waals surface area contributed by atoms with E-state index in [0.717, 1.165) is 39.1 Å². The van der Waals surface area contributed by atoms with E-state index in [9.17, 15) is 9.59 Å². The molecule has 0 aromatic carbocycles. The molecule has 0 aromatic rings. The maximum Gasteiger partial charge on any atom is 0.317 e. The van der Waals surface area contributed by atoms with Crippen molar-refractivity contribution in [1.29, 1.82) is 0 Å². The van der Waals surface area contributed by atoms with E-state index in [-0.39, 0.29) is 12.5 Å². The van der Waals surface area contributed by atoms with Crippen LogP contribution in [0.25, 0.3) is 0 Å². The fourth-order valence-corrected chi connectivity index (χ4v) is 1.99. The van der Waals surface area contributed by atoms with Gasteiger partial charge in [0.15, 0.2) is 0 Å². The van der Waals surface area contributed by atoms with Crippen LogP contribution in [0.3, 0.4) is 0 Å². The van der Waals surface area contributed by atoms with E-state index in [1.807, 2.05) is 4.90 Å². The first kappa shape index (κ1) is 13.9. The maximum atomic E-state index is 10.7. The molecular weight excluding hydrogens is 222 g/mol. The van der Waals surface area contributed by atoms with Crippen LogP contribution in [0.5, 0.6) is 0 Å². The number of carboxylic acids is 1. The van der Waals surface area contributed by atoms with Crippen LogP contribution in [-0.2, 0) is 9.59 Å². The Hall–Kier alpha value is -1.14. The van der Waals surface area contributed by atoms with Crippen LogP contribution in [0.2, 0.25) is 0 Å². The van der Waals surface area contributed by atoms with Crippen molar-refractivity contribution < 1.29 is 14.7 Å². The van der Waals surface area contributed by atoms with E-state index >= 15 is 0 Å². The Kier molecular flexibility index (Phi) is 5.93. The Morgan fingerprint density at radius 3 is 2.47 bits per heavy atom. The van der Waals surface area contributed by atoms with Crippen LogP contribution >= 0.6 is 0 Å². The third-order valence-electron chi connectivity index (χ3n) is 2.84. The van der Waals surface area contributed by atoms with Crippen LogP contribution in [0, 0.1) is 0 Å². The van der Waals surface area contributed by atoms with E-state index < -0.39 is 5.97 Å². The second-order valence-electron chi connectivity index (χ2n) is 4.35. The molecule has 0 atom stereocenters. The molecule has 0 unspecified atom stereocenters. The second-order valence-corrected chi connectivity index (χ2v) is 4.35. The van der Waals surface area contributed by atoms with Crippen LogP contribution < -0.4 is 5.32 Å². The fraction of sp³-hybridized carbons (Fsp3) is 0.818. The molecule has 0 spiro atoms. The zero-order valence-electron chi connectivity index (χ0n) is 10.3. The first-order valence-electron chi connectivity index (χ1n) is 5.99. The number of amides is 1. The van der Waals surface area contributed by atoms with Crippen molar-refractivity contribution in [2.45, 2.75) is 13.3 Å². The van der Waals surface area contributed by atoms with Gasteiger partial charge in [-0.05, 0) is 13.0 Å². The van der Waals surface area contributed by atoms with Crippen molar-refractivity contribution in [3.8, 4) is 0 Å². The number of nitrogens with zero attached hydrogens (tertiary/aromatic N) is 2. The number of carbonyl (C=O) groups excluding carboxylic acids is 1. The summed E-state index contributed by atoms with van der Waals surface area (Å²) in [6.45, 7) is 6.59. The van der Waals surface area contributed by atoms with Gasteiger partial charge in [-0.15, -0.1) is 0 Å². The molecule has 0 aromatic heterocycles. The number of rotatable bonds is 5. The highest BCUT2D eigenvalue weighted by Crippen LogP contribution is 2.02. The fourth-order valence-electron chi connectivity index (χ4n) is 1.99. The van der Waals surface area contributed by atoms with Gasteiger partial charge in [0.2, 0.25) is 5.91 Å². The molecule has 98 valence electrons. The SMILES string of the molecule is CC(=O)NCCN1CCCN(CC(=O)O)CC1. The highest BCUT2D eigenvalue weighted by molar-refractivity contribution is 5.72. The van der Waals surface area contributed by atoms with Crippen molar-refractivity contribution in [1.82, 2.24) is 15.1 Å². The van der Waals surface area contributed by atoms with Gasteiger partial charge in [0.1, 0.15) is 0 Å². The number of nitrogens with one attached hydrogen (secondary N) is 1. The quantitative estimate of drug-likeness (QED) is 0.662. The molecule has 1 heterocycles. The summed E-state index contributed by atoms with van der Waals surface area (Å²) in [6.07, 6.45) is 0.980. The number of carboxylic acid groups (broad SMARTS) is 1. The molecule has 2 N–H and O–H groups in total. The highest BCUT2D eigenvalue weighted by atomic mass is 16.4. The molecule has 0 saturated carbocycles. The lowest BCUT2D eigenvalue weighted by molar-refractivity contribution is -0.138. The van der Waals surface area contributed by atoms with Crippen molar-refractivity contribution in [2.75, 3.05) is 45.8 Å². The summed E-state index contributed by atoms with van der Waals surface area (Å²) >= 11 is 0. The lowest BCUT2D eigenvalue weighted by atomic mass is 10.4. The van der Waals surface area contributed by atoms with E-state index in [0.29, 0.717) is 6.54 Å². The molecule has 0 aliphatic carbocycles. The Balaban J connectivity index is 2.22. The van der Waals surface area contributed by atoms with Gasteiger partial charge in [-0.2, -0.15) is 0 Å². The summed E-state index contributed by atoms with van der Waals surface area (Å²) < 4.78 is 0. The summed E-state index contributed by atoms with van der Waals surface area (Å²) in [5.41, 5.74) is 0. The smallest absolute Gasteiger partial charge is 0.317 e. The normalized spacial score (nSPS) is 18.6. The molecule has 0 radical (unpaired) electrons. The van der Waals surface area contributed by atoms with E-state index in [1.165, 1.54) is 6.92 Å². The number of hydrogen-bond donors (Lipinski definition) is 2. The standard InChI is InChI=1S/C11H21N3O3/c1-10(15)12-3-6-13-4-2-5-14(8-7-13)9-11(16)17/h2-9H2,1H3,(H,12,15)(H,16,17). The van der Waals surface area contributed by atoms with Gasteiger partial charge in [0.05, 0.1) is 6.54 Å². The van der Waals surface area contributed by atoms with Gasteiger partial charge in [-0.1, -0.05) is 0 Å². The summed E-state index contributed by atoms with van der Waals surface area (Å²) in [5, 5.41) is 11.5. The Morgan fingerprint density at radius 1 is 1.18 bits per heavy atom. The Morgan fingerprint density at radius 2 is 1.82 bits per heavy atom. The maximum absolute atomic E-state index is 10.7. The molecule has 1 saturated heterocycles. The largest absolute Gasteiger partial charge is 0.480 e. The summed E-state index contributed by atoms with van der Waals surface area (Å²) in [5.74, 6) is -0.774. The Bertz CT molecular complexity index is 271.